The highest BCUT2D eigenvalue weighted by atomic mass is 16.6. The second-order valence-corrected chi connectivity index (χ2v) is 6.18. The van der Waals surface area contributed by atoms with Crippen LogP contribution in [0.5, 0.6) is 5.75 Å². The van der Waals surface area contributed by atoms with Crippen LogP contribution in [-0.4, -0.2) is 48.5 Å². The Morgan fingerprint density at radius 3 is 2.71 bits per heavy atom. The van der Waals surface area contributed by atoms with Crippen LogP contribution in [0, 0.1) is 10.1 Å². The van der Waals surface area contributed by atoms with Gasteiger partial charge in [0.2, 0.25) is 5.82 Å². The van der Waals surface area contributed by atoms with Crippen molar-refractivity contribution in [3.63, 3.8) is 0 Å². The smallest absolute Gasteiger partial charge is 0.293 e. The number of nitrogens with zero attached hydrogens (tertiary/aromatic N) is 4. The van der Waals surface area contributed by atoms with Gasteiger partial charge in [-0.1, -0.05) is 17.3 Å². The number of anilines is 1. The Labute approximate surface area is 160 Å². The summed E-state index contributed by atoms with van der Waals surface area (Å²) in [5.41, 5.74) is 1.72. The number of nitro groups is 1. The molecule has 2 heterocycles. The van der Waals surface area contributed by atoms with Crippen LogP contribution >= 0.6 is 0 Å². The lowest BCUT2D eigenvalue weighted by Gasteiger charge is -2.28. The van der Waals surface area contributed by atoms with Gasteiger partial charge in [0.05, 0.1) is 30.8 Å². The van der Waals surface area contributed by atoms with Gasteiger partial charge >= 0.3 is 0 Å². The number of morpholine rings is 1. The summed E-state index contributed by atoms with van der Waals surface area (Å²) in [5, 5.41) is 15.6. The highest BCUT2D eigenvalue weighted by Crippen LogP contribution is 2.34. The summed E-state index contributed by atoms with van der Waals surface area (Å²) in [4.78, 5) is 17.6. The summed E-state index contributed by atoms with van der Waals surface area (Å²) in [5.74, 6) is 1.17. The van der Waals surface area contributed by atoms with E-state index in [4.69, 9.17) is 14.0 Å². The van der Waals surface area contributed by atoms with E-state index in [1.54, 1.807) is 25.3 Å². The van der Waals surface area contributed by atoms with E-state index < -0.39 is 4.92 Å². The molecule has 28 heavy (non-hydrogen) atoms. The lowest BCUT2D eigenvalue weighted by Crippen LogP contribution is -2.36. The maximum Gasteiger partial charge on any atom is 0.293 e. The third-order valence-corrected chi connectivity index (χ3v) is 4.54. The number of rotatable bonds is 5. The minimum absolute atomic E-state index is 0.00329. The van der Waals surface area contributed by atoms with E-state index in [1.165, 1.54) is 6.07 Å². The quantitative estimate of drug-likeness (QED) is 0.490. The van der Waals surface area contributed by atoms with Crippen molar-refractivity contribution in [3.8, 4) is 28.6 Å². The van der Waals surface area contributed by atoms with Crippen molar-refractivity contribution < 1.29 is 18.9 Å². The summed E-state index contributed by atoms with van der Waals surface area (Å²) in [6, 6.07) is 12.2. The third-order valence-electron chi connectivity index (χ3n) is 4.54. The molecule has 0 unspecified atom stereocenters. The van der Waals surface area contributed by atoms with Gasteiger partial charge in [0.1, 0.15) is 11.4 Å². The standard InChI is InChI=1S/C19H18N4O5/c1-26-17-5-3-2-4-14(17)18-20-19(28-21-18)13-6-7-15(16(12-13)23(24)25)22-8-10-27-11-9-22/h2-7,12H,8-11H2,1H3. The molecule has 4 rings (SSSR count). The molecule has 0 spiro atoms. The molecule has 9 nitrogen and oxygen atoms in total. The first-order valence-corrected chi connectivity index (χ1v) is 8.76. The fourth-order valence-electron chi connectivity index (χ4n) is 3.15. The molecule has 144 valence electrons. The first kappa shape index (κ1) is 17.9. The van der Waals surface area contributed by atoms with Crippen LogP contribution in [0.4, 0.5) is 11.4 Å². The van der Waals surface area contributed by atoms with E-state index in [2.05, 4.69) is 10.1 Å². The van der Waals surface area contributed by atoms with E-state index in [9.17, 15) is 10.1 Å². The molecule has 1 fully saturated rings. The fourth-order valence-corrected chi connectivity index (χ4v) is 3.15. The molecular formula is C19H18N4O5. The van der Waals surface area contributed by atoms with Crippen molar-refractivity contribution in [2.24, 2.45) is 0 Å². The average Bonchev–Trinajstić information content (AvgIpc) is 3.24. The van der Waals surface area contributed by atoms with Crippen LogP contribution in [0.25, 0.3) is 22.8 Å². The topological polar surface area (TPSA) is 104 Å². The number of aromatic nitrogens is 2. The number of para-hydroxylation sites is 1. The molecule has 0 aliphatic carbocycles. The van der Waals surface area contributed by atoms with Gasteiger partial charge in [-0.25, -0.2) is 0 Å². The van der Waals surface area contributed by atoms with Crippen LogP contribution in [0.2, 0.25) is 0 Å². The maximum absolute atomic E-state index is 11.6. The second kappa shape index (κ2) is 7.65. The maximum atomic E-state index is 11.6. The first-order chi connectivity index (χ1) is 13.7. The monoisotopic (exact) mass is 382 g/mol. The number of ether oxygens (including phenoxy) is 2. The lowest BCUT2D eigenvalue weighted by atomic mass is 10.1. The molecule has 0 amide bonds. The molecule has 0 saturated carbocycles. The molecular weight excluding hydrogens is 364 g/mol. The van der Waals surface area contributed by atoms with Crippen molar-refractivity contribution >= 4 is 11.4 Å². The Bertz CT molecular complexity index is 997. The van der Waals surface area contributed by atoms with Gasteiger partial charge in [-0.15, -0.1) is 0 Å². The molecule has 1 saturated heterocycles. The van der Waals surface area contributed by atoms with Crippen molar-refractivity contribution in [2.75, 3.05) is 38.3 Å². The van der Waals surface area contributed by atoms with E-state index >= 15 is 0 Å². The highest BCUT2D eigenvalue weighted by Gasteiger charge is 2.24. The van der Waals surface area contributed by atoms with Crippen LogP contribution in [0.3, 0.4) is 0 Å². The van der Waals surface area contributed by atoms with E-state index in [-0.39, 0.29) is 11.6 Å². The van der Waals surface area contributed by atoms with Crippen LogP contribution in [0.15, 0.2) is 47.0 Å². The van der Waals surface area contributed by atoms with Gasteiger partial charge in [0, 0.05) is 24.7 Å². The molecule has 1 aromatic heterocycles. The Morgan fingerprint density at radius 2 is 1.96 bits per heavy atom. The Morgan fingerprint density at radius 1 is 1.18 bits per heavy atom. The summed E-state index contributed by atoms with van der Waals surface area (Å²) >= 11 is 0. The lowest BCUT2D eigenvalue weighted by molar-refractivity contribution is -0.384. The second-order valence-electron chi connectivity index (χ2n) is 6.18. The van der Waals surface area contributed by atoms with Gasteiger partial charge in [-0.3, -0.25) is 10.1 Å². The third kappa shape index (κ3) is 3.39. The average molecular weight is 382 g/mol. The molecule has 9 heteroatoms. The SMILES string of the molecule is COc1ccccc1-c1noc(-c2ccc(N3CCOCC3)c([N+](=O)[O-])c2)n1. The Kier molecular flexibility index (Phi) is 4.90. The van der Waals surface area contributed by atoms with Crippen molar-refractivity contribution in [3.05, 3.63) is 52.6 Å². The number of benzene rings is 2. The van der Waals surface area contributed by atoms with Crippen LogP contribution in [-0.2, 0) is 4.74 Å². The van der Waals surface area contributed by atoms with Gasteiger partial charge in [0.15, 0.2) is 0 Å². The number of hydrogen-bond donors (Lipinski definition) is 0. The van der Waals surface area contributed by atoms with Gasteiger partial charge in [-0.2, -0.15) is 4.98 Å². The minimum Gasteiger partial charge on any atom is -0.496 e. The first-order valence-electron chi connectivity index (χ1n) is 8.76. The molecule has 1 aliphatic rings. The van der Waals surface area contributed by atoms with Gasteiger partial charge < -0.3 is 18.9 Å². The summed E-state index contributed by atoms with van der Waals surface area (Å²) in [6.45, 7) is 2.31. The van der Waals surface area contributed by atoms with Gasteiger partial charge in [-0.05, 0) is 24.3 Å². The molecule has 2 aromatic carbocycles. The van der Waals surface area contributed by atoms with Gasteiger partial charge in [0.25, 0.3) is 11.6 Å². The predicted molar refractivity (Wildman–Crippen MR) is 101 cm³/mol. The van der Waals surface area contributed by atoms with Crippen molar-refractivity contribution in [1.82, 2.24) is 10.1 Å². The predicted octanol–water partition coefficient (Wildman–Crippen LogP) is 3.16. The number of nitro benzene ring substituents is 1. The number of methoxy groups -OCH3 is 1. The normalized spacial score (nSPS) is 14.1. The Hall–Kier alpha value is -3.46. The molecule has 3 aromatic rings. The van der Waals surface area contributed by atoms with E-state index in [1.807, 2.05) is 23.1 Å². The zero-order valence-electron chi connectivity index (χ0n) is 15.2. The highest BCUT2D eigenvalue weighted by molar-refractivity contribution is 5.72. The summed E-state index contributed by atoms with van der Waals surface area (Å²) in [7, 11) is 1.56. The zero-order chi connectivity index (χ0) is 19.5. The molecule has 0 atom stereocenters. The minimum atomic E-state index is -0.397. The zero-order valence-corrected chi connectivity index (χ0v) is 15.2. The molecule has 0 N–H and O–H groups in total. The number of hydrogen-bond acceptors (Lipinski definition) is 8. The van der Waals surface area contributed by atoms with Crippen LogP contribution in [0.1, 0.15) is 0 Å². The largest absolute Gasteiger partial charge is 0.496 e. The van der Waals surface area contributed by atoms with E-state index in [0.29, 0.717) is 54.7 Å². The summed E-state index contributed by atoms with van der Waals surface area (Å²) < 4.78 is 16.0. The molecule has 1 aliphatic heterocycles. The fraction of sp³-hybridized carbons (Fsp3) is 0.263. The van der Waals surface area contributed by atoms with Crippen molar-refractivity contribution in [2.45, 2.75) is 0 Å². The van der Waals surface area contributed by atoms with Crippen LogP contribution < -0.4 is 9.64 Å². The van der Waals surface area contributed by atoms with E-state index in [0.717, 1.165) is 0 Å². The molecule has 0 bridgehead atoms. The molecule has 0 radical (unpaired) electrons. The van der Waals surface area contributed by atoms with Crippen molar-refractivity contribution in [1.29, 1.82) is 0 Å². The summed E-state index contributed by atoms with van der Waals surface area (Å²) in [6.07, 6.45) is 0. The Balaban J connectivity index is 1.69.